The Kier molecular flexibility index (Phi) is 6.45. The van der Waals surface area contributed by atoms with Gasteiger partial charge in [-0.1, -0.05) is 0 Å². The zero-order chi connectivity index (χ0) is 28.8. The number of nitriles is 1. The van der Waals surface area contributed by atoms with E-state index in [4.69, 9.17) is 9.72 Å². The first-order valence-electron chi connectivity index (χ1n) is 13.9. The van der Waals surface area contributed by atoms with Crippen molar-refractivity contribution in [2.24, 2.45) is 0 Å². The molecule has 0 bridgehead atoms. The van der Waals surface area contributed by atoms with Gasteiger partial charge in [-0.2, -0.15) is 15.5 Å². The fourth-order valence-corrected chi connectivity index (χ4v) is 5.72. The Bertz CT molecular complexity index is 1850. The van der Waals surface area contributed by atoms with Crippen LogP contribution in [0.25, 0.3) is 22.7 Å². The standard InChI is InChI=1S/C30H28N10O2/c1-18-12-21(14-31)37-40(18)30-23(19(2)41)6-10-29(34-30)39-17-32-25-13-20(5-8-27(25)39)33-28-9-7-24(35-36-28)26-4-3-11-38(26)22-15-42-16-22/h5-10,12-13,17,22,26H,3-4,11,15-16H2,1-2H3,(H,33,36). The van der Waals surface area contributed by atoms with Crippen LogP contribution in [-0.4, -0.2) is 71.0 Å². The summed E-state index contributed by atoms with van der Waals surface area (Å²) in [5.41, 5.74) is 4.80. The maximum absolute atomic E-state index is 12.4. The van der Waals surface area contributed by atoms with E-state index in [1.54, 1.807) is 24.5 Å². The molecule has 2 aliphatic rings. The molecule has 210 valence electrons. The number of hydrogen-bond acceptors (Lipinski definition) is 10. The third-order valence-electron chi connectivity index (χ3n) is 7.92. The number of carbonyl (C=O) groups excluding carboxylic acids is 1. The molecule has 0 aliphatic carbocycles. The van der Waals surface area contributed by atoms with Gasteiger partial charge in [0.05, 0.1) is 47.6 Å². The van der Waals surface area contributed by atoms with Crippen molar-refractivity contribution >= 4 is 28.3 Å². The van der Waals surface area contributed by atoms with Crippen molar-refractivity contribution in [3.05, 3.63) is 77.5 Å². The van der Waals surface area contributed by atoms with Crippen LogP contribution in [0.4, 0.5) is 11.5 Å². The highest BCUT2D eigenvalue weighted by Gasteiger charge is 2.36. The number of likely N-dealkylation sites (tertiary alicyclic amines) is 1. The monoisotopic (exact) mass is 560 g/mol. The number of aryl methyl sites for hydroxylation is 1. The molecule has 1 N–H and O–H groups in total. The molecule has 1 aromatic carbocycles. The van der Waals surface area contributed by atoms with Crippen LogP contribution in [-0.2, 0) is 4.74 Å². The minimum Gasteiger partial charge on any atom is -0.378 e. The Balaban J connectivity index is 1.14. The van der Waals surface area contributed by atoms with Crippen LogP contribution in [0.2, 0.25) is 0 Å². The van der Waals surface area contributed by atoms with E-state index in [-0.39, 0.29) is 11.5 Å². The first kappa shape index (κ1) is 25.9. The maximum atomic E-state index is 12.4. The molecule has 0 spiro atoms. The largest absolute Gasteiger partial charge is 0.378 e. The minimum absolute atomic E-state index is 0.145. The first-order valence-corrected chi connectivity index (χ1v) is 13.9. The second-order valence-corrected chi connectivity index (χ2v) is 10.7. The lowest BCUT2D eigenvalue weighted by Crippen LogP contribution is -2.48. The van der Waals surface area contributed by atoms with Crippen molar-refractivity contribution in [1.82, 2.24) is 39.4 Å². The van der Waals surface area contributed by atoms with Crippen LogP contribution in [0.5, 0.6) is 0 Å². The second kappa shape index (κ2) is 10.4. The number of ketones is 1. The quantitative estimate of drug-likeness (QED) is 0.290. The van der Waals surface area contributed by atoms with Crippen LogP contribution in [0.3, 0.4) is 0 Å². The predicted molar refractivity (Wildman–Crippen MR) is 154 cm³/mol. The highest BCUT2D eigenvalue weighted by Crippen LogP contribution is 2.34. The van der Waals surface area contributed by atoms with E-state index in [0.717, 1.165) is 55.0 Å². The topological polar surface area (TPSA) is 140 Å². The number of aromatic nitrogens is 7. The van der Waals surface area contributed by atoms with Gasteiger partial charge in [0.15, 0.2) is 23.1 Å². The zero-order valence-corrected chi connectivity index (χ0v) is 23.2. The van der Waals surface area contributed by atoms with Crippen molar-refractivity contribution in [1.29, 1.82) is 5.26 Å². The molecule has 42 heavy (non-hydrogen) atoms. The number of hydrogen-bond donors (Lipinski definition) is 1. The van der Waals surface area contributed by atoms with Gasteiger partial charge < -0.3 is 10.1 Å². The lowest BCUT2D eigenvalue weighted by molar-refractivity contribution is -0.0702. The van der Waals surface area contributed by atoms with Crippen molar-refractivity contribution in [3.8, 4) is 17.7 Å². The summed E-state index contributed by atoms with van der Waals surface area (Å²) in [5, 5.41) is 25.9. The number of carbonyl (C=O) groups is 1. The smallest absolute Gasteiger partial charge is 0.166 e. The van der Waals surface area contributed by atoms with E-state index in [9.17, 15) is 10.1 Å². The summed E-state index contributed by atoms with van der Waals surface area (Å²) in [5.74, 6) is 1.45. The molecule has 2 saturated heterocycles. The Hall–Kier alpha value is -4.99. The summed E-state index contributed by atoms with van der Waals surface area (Å²) in [6, 6.07) is 17.9. The molecule has 2 aliphatic heterocycles. The Labute approximate surface area is 241 Å². The molecule has 1 unspecified atom stereocenters. The maximum Gasteiger partial charge on any atom is 0.166 e. The van der Waals surface area contributed by atoms with Gasteiger partial charge in [-0.25, -0.2) is 14.6 Å². The Morgan fingerprint density at radius 1 is 1.12 bits per heavy atom. The van der Waals surface area contributed by atoms with E-state index in [1.807, 2.05) is 41.8 Å². The first-order chi connectivity index (χ1) is 20.5. The van der Waals surface area contributed by atoms with Crippen molar-refractivity contribution in [2.45, 2.75) is 38.8 Å². The minimum atomic E-state index is -0.145. The molecular weight excluding hydrogens is 532 g/mol. The number of rotatable bonds is 7. The molecule has 5 aromatic rings. The Morgan fingerprint density at radius 3 is 2.71 bits per heavy atom. The summed E-state index contributed by atoms with van der Waals surface area (Å²) < 4.78 is 8.78. The lowest BCUT2D eigenvalue weighted by Gasteiger charge is -2.37. The van der Waals surface area contributed by atoms with Gasteiger partial charge in [-0.15, -0.1) is 5.10 Å². The molecule has 1 atom stereocenters. The Morgan fingerprint density at radius 2 is 2.00 bits per heavy atom. The van der Waals surface area contributed by atoms with Crippen LogP contribution in [0, 0.1) is 18.3 Å². The number of Topliss-reactive ketones (excluding diaryl/α,β-unsaturated/α-hetero) is 1. The molecule has 2 fully saturated rings. The molecule has 0 amide bonds. The molecule has 0 saturated carbocycles. The normalized spacial score (nSPS) is 17.3. The van der Waals surface area contributed by atoms with Gasteiger partial charge in [-0.05, 0) is 81.8 Å². The van der Waals surface area contributed by atoms with Gasteiger partial charge in [0.25, 0.3) is 0 Å². The fourth-order valence-electron chi connectivity index (χ4n) is 5.72. The number of nitrogens with zero attached hydrogens (tertiary/aromatic N) is 9. The van der Waals surface area contributed by atoms with Crippen LogP contribution in [0.1, 0.15) is 53.2 Å². The van der Waals surface area contributed by atoms with Gasteiger partial charge in [0.2, 0.25) is 0 Å². The van der Waals surface area contributed by atoms with Gasteiger partial charge in [-0.3, -0.25) is 14.3 Å². The summed E-state index contributed by atoms with van der Waals surface area (Å²) in [6.45, 7) is 5.98. The number of imidazole rings is 1. The van der Waals surface area contributed by atoms with Crippen molar-refractivity contribution in [3.63, 3.8) is 0 Å². The number of pyridine rings is 1. The van der Waals surface area contributed by atoms with Crippen LogP contribution < -0.4 is 5.32 Å². The highest BCUT2D eigenvalue weighted by molar-refractivity contribution is 5.97. The molecule has 4 aromatic heterocycles. The molecule has 0 radical (unpaired) electrons. The summed E-state index contributed by atoms with van der Waals surface area (Å²) in [4.78, 5) is 24.2. The van der Waals surface area contributed by atoms with E-state index in [1.165, 1.54) is 11.6 Å². The number of fused-ring (bicyclic) bond motifs is 1. The summed E-state index contributed by atoms with van der Waals surface area (Å²) >= 11 is 0. The van der Waals surface area contributed by atoms with E-state index in [2.05, 4.69) is 36.6 Å². The van der Waals surface area contributed by atoms with E-state index in [0.29, 0.717) is 40.8 Å². The summed E-state index contributed by atoms with van der Waals surface area (Å²) in [6.07, 6.45) is 3.95. The predicted octanol–water partition coefficient (Wildman–Crippen LogP) is 4.06. The summed E-state index contributed by atoms with van der Waals surface area (Å²) in [7, 11) is 0. The third kappa shape index (κ3) is 4.58. The van der Waals surface area contributed by atoms with Gasteiger partial charge >= 0.3 is 0 Å². The fraction of sp³-hybridized carbons (Fsp3) is 0.300. The van der Waals surface area contributed by atoms with Crippen molar-refractivity contribution in [2.75, 3.05) is 25.1 Å². The number of benzene rings is 1. The van der Waals surface area contributed by atoms with Crippen LogP contribution in [0.15, 0.2) is 54.9 Å². The second-order valence-electron chi connectivity index (χ2n) is 10.7. The zero-order valence-electron chi connectivity index (χ0n) is 23.2. The van der Waals surface area contributed by atoms with E-state index >= 15 is 0 Å². The number of anilines is 2. The average molecular weight is 561 g/mol. The van der Waals surface area contributed by atoms with Gasteiger partial charge in [0.1, 0.15) is 18.2 Å². The average Bonchev–Trinajstić information content (AvgIpc) is 3.70. The molecule has 7 rings (SSSR count). The number of nitrogens with one attached hydrogen (secondary N) is 1. The molecular formula is C30H28N10O2. The highest BCUT2D eigenvalue weighted by atomic mass is 16.5. The molecule has 12 heteroatoms. The van der Waals surface area contributed by atoms with Gasteiger partial charge in [0, 0.05) is 11.4 Å². The van der Waals surface area contributed by atoms with Crippen LogP contribution >= 0.6 is 0 Å². The molecule has 12 nitrogen and oxygen atoms in total. The van der Waals surface area contributed by atoms with Crippen molar-refractivity contribution < 1.29 is 9.53 Å². The third-order valence-corrected chi connectivity index (χ3v) is 7.92. The molecule has 6 heterocycles. The SMILES string of the molecule is CC(=O)c1ccc(-n2cnc3cc(Nc4ccc(C5CCCN5C5COC5)nn4)ccc32)nc1-n1nc(C#N)cc1C. The number of ether oxygens (including phenoxy) is 1. The lowest BCUT2D eigenvalue weighted by atomic mass is 10.1. The van der Waals surface area contributed by atoms with E-state index < -0.39 is 0 Å².